The topological polar surface area (TPSA) is 45.2 Å². The monoisotopic (exact) mass is 395 g/mol. The van der Waals surface area contributed by atoms with Crippen molar-refractivity contribution < 1.29 is 9.53 Å². The molecule has 3 aromatic rings. The second-order valence-electron chi connectivity index (χ2n) is 9.24. The van der Waals surface area contributed by atoms with Gasteiger partial charge in [0, 0.05) is 22.5 Å². The highest BCUT2D eigenvalue weighted by Crippen LogP contribution is 2.39. The van der Waals surface area contributed by atoms with Crippen LogP contribution in [0.2, 0.25) is 18.1 Å². The highest BCUT2D eigenvalue weighted by Gasteiger charge is 2.38. The molecule has 0 amide bonds. The first-order valence-corrected chi connectivity index (χ1v) is 13.0. The minimum Gasteiger partial charge on any atom is -0.414 e. The highest BCUT2D eigenvalue weighted by atomic mass is 28.4. The summed E-state index contributed by atoms with van der Waals surface area (Å²) in [5.41, 5.74) is 4.48. The lowest BCUT2D eigenvalue weighted by molar-refractivity contribution is 0.0871. The Balaban J connectivity index is 2.00. The van der Waals surface area contributed by atoms with E-state index in [4.69, 9.17) is 4.43 Å². The Kier molecular flexibility index (Phi) is 5.85. The zero-order chi connectivity index (χ0) is 20.5. The SMILES string of the molecule is Cc1[nH]c2ccccc2c1[C@@H](c1ccccc1)[C@H](O)CO[Si](C)(C)C(C)(C)C. The maximum absolute atomic E-state index is 11.3. The van der Waals surface area contributed by atoms with Crippen LogP contribution in [0, 0.1) is 6.92 Å². The van der Waals surface area contributed by atoms with E-state index in [1.54, 1.807) is 0 Å². The zero-order valence-electron chi connectivity index (χ0n) is 17.9. The van der Waals surface area contributed by atoms with Crippen LogP contribution in [0.5, 0.6) is 0 Å². The Morgan fingerprint density at radius 1 is 1.00 bits per heavy atom. The summed E-state index contributed by atoms with van der Waals surface area (Å²) < 4.78 is 6.39. The molecule has 0 radical (unpaired) electrons. The standard InChI is InChI=1S/C24H33NO2Si/c1-17-22(19-14-10-11-15-20(19)25-17)23(18-12-8-7-9-13-18)21(26)16-27-28(5,6)24(2,3)4/h7-15,21,23,25-26H,16H2,1-6H3/t21-,23+/m1/s1. The molecule has 28 heavy (non-hydrogen) atoms. The fraction of sp³-hybridized carbons (Fsp3) is 0.417. The molecular formula is C24H33NO2Si. The Hall–Kier alpha value is -1.88. The molecule has 0 aliphatic heterocycles. The summed E-state index contributed by atoms with van der Waals surface area (Å²) >= 11 is 0. The van der Waals surface area contributed by atoms with Crippen molar-refractivity contribution in [2.45, 2.75) is 57.8 Å². The van der Waals surface area contributed by atoms with Crippen molar-refractivity contribution in [1.29, 1.82) is 0 Å². The zero-order valence-corrected chi connectivity index (χ0v) is 18.9. The van der Waals surface area contributed by atoms with Crippen LogP contribution in [-0.2, 0) is 4.43 Å². The Morgan fingerprint density at radius 3 is 2.25 bits per heavy atom. The molecule has 3 nitrogen and oxygen atoms in total. The van der Waals surface area contributed by atoms with Gasteiger partial charge in [-0.1, -0.05) is 69.3 Å². The fourth-order valence-corrected chi connectivity index (χ4v) is 4.57. The number of aromatic nitrogens is 1. The number of aliphatic hydroxyl groups is 1. The largest absolute Gasteiger partial charge is 0.414 e. The number of nitrogens with one attached hydrogen (secondary N) is 1. The molecule has 0 saturated carbocycles. The number of H-pyrrole nitrogens is 1. The van der Waals surface area contributed by atoms with Crippen molar-refractivity contribution in [2.24, 2.45) is 0 Å². The average molecular weight is 396 g/mol. The van der Waals surface area contributed by atoms with Crippen LogP contribution in [-0.4, -0.2) is 31.1 Å². The first-order chi connectivity index (χ1) is 13.1. The van der Waals surface area contributed by atoms with Gasteiger partial charge in [-0.15, -0.1) is 0 Å². The number of aryl methyl sites for hydroxylation is 1. The molecule has 0 aliphatic carbocycles. The first kappa shape index (κ1) is 20.8. The lowest BCUT2D eigenvalue weighted by Crippen LogP contribution is -2.43. The number of fused-ring (bicyclic) bond motifs is 1. The maximum atomic E-state index is 11.3. The van der Waals surface area contributed by atoms with E-state index in [9.17, 15) is 5.11 Å². The predicted octanol–water partition coefficient (Wildman–Crippen LogP) is 5.99. The van der Waals surface area contributed by atoms with Crippen LogP contribution < -0.4 is 0 Å². The quantitative estimate of drug-likeness (QED) is 0.503. The van der Waals surface area contributed by atoms with E-state index in [0.29, 0.717) is 6.61 Å². The normalized spacial score (nSPS) is 15.0. The molecule has 0 saturated heterocycles. The van der Waals surface area contributed by atoms with Gasteiger partial charge in [0.25, 0.3) is 0 Å². The van der Waals surface area contributed by atoms with E-state index in [-0.39, 0.29) is 11.0 Å². The number of para-hydroxylation sites is 1. The van der Waals surface area contributed by atoms with Crippen LogP contribution in [0.3, 0.4) is 0 Å². The van der Waals surface area contributed by atoms with E-state index in [0.717, 1.165) is 22.3 Å². The van der Waals surface area contributed by atoms with Gasteiger partial charge in [-0.05, 0) is 42.2 Å². The van der Waals surface area contributed by atoms with Crippen LogP contribution >= 0.6 is 0 Å². The summed E-state index contributed by atoms with van der Waals surface area (Å²) in [6.45, 7) is 13.6. The number of aromatic amines is 1. The van der Waals surface area contributed by atoms with E-state index in [1.807, 2.05) is 24.3 Å². The van der Waals surface area contributed by atoms with Crippen molar-refractivity contribution in [3.05, 3.63) is 71.4 Å². The minimum absolute atomic E-state index is 0.117. The molecule has 150 valence electrons. The van der Waals surface area contributed by atoms with Gasteiger partial charge in [-0.25, -0.2) is 0 Å². The minimum atomic E-state index is -1.93. The smallest absolute Gasteiger partial charge is 0.192 e. The van der Waals surface area contributed by atoms with Gasteiger partial charge in [0.1, 0.15) is 0 Å². The van der Waals surface area contributed by atoms with Gasteiger partial charge >= 0.3 is 0 Å². The van der Waals surface area contributed by atoms with Gasteiger partial charge in [0.05, 0.1) is 12.7 Å². The summed E-state index contributed by atoms with van der Waals surface area (Å²) in [6.07, 6.45) is -0.616. The average Bonchev–Trinajstić information content (AvgIpc) is 2.96. The van der Waals surface area contributed by atoms with Crippen LogP contribution in [0.25, 0.3) is 10.9 Å². The summed E-state index contributed by atoms with van der Waals surface area (Å²) in [6, 6.07) is 18.6. The second-order valence-corrected chi connectivity index (χ2v) is 14.0. The van der Waals surface area contributed by atoms with Gasteiger partial charge in [-0.3, -0.25) is 0 Å². The summed E-state index contributed by atoms with van der Waals surface area (Å²) in [5, 5.41) is 12.6. The van der Waals surface area contributed by atoms with E-state index in [2.05, 4.69) is 76.1 Å². The second kappa shape index (κ2) is 7.86. The van der Waals surface area contributed by atoms with Crippen molar-refractivity contribution in [2.75, 3.05) is 6.61 Å². The number of aliphatic hydroxyl groups excluding tert-OH is 1. The molecule has 3 rings (SSSR count). The van der Waals surface area contributed by atoms with Crippen molar-refractivity contribution in [3.8, 4) is 0 Å². The Labute approximate surface area is 169 Å². The van der Waals surface area contributed by atoms with E-state index >= 15 is 0 Å². The third-order valence-electron chi connectivity index (χ3n) is 6.22. The molecule has 0 fully saturated rings. The third-order valence-corrected chi connectivity index (χ3v) is 10.7. The molecule has 0 bridgehead atoms. The molecule has 2 aromatic carbocycles. The predicted molar refractivity (Wildman–Crippen MR) is 120 cm³/mol. The molecule has 0 unspecified atom stereocenters. The van der Waals surface area contributed by atoms with Gasteiger partial charge < -0.3 is 14.5 Å². The number of hydrogen-bond donors (Lipinski definition) is 2. The third kappa shape index (κ3) is 4.09. The van der Waals surface area contributed by atoms with Gasteiger partial charge in [0.2, 0.25) is 0 Å². The van der Waals surface area contributed by atoms with Crippen LogP contribution in [0.1, 0.15) is 43.5 Å². The fourth-order valence-electron chi connectivity index (χ4n) is 3.55. The van der Waals surface area contributed by atoms with Gasteiger partial charge in [0.15, 0.2) is 8.32 Å². The number of hydrogen-bond acceptors (Lipinski definition) is 2. The van der Waals surface area contributed by atoms with Crippen molar-refractivity contribution in [1.82, 2.24) is 4.98 Å². The maximum Gasteiger partial charge on any atom is 0.192 e. The summed E-state index contributed by atoms with van der Waals surface area (Å²) in [7, 11) is -1.93. The van der Waals surface area contributed by atoms with Crippen LogP contribution in [0.15, 0.2) is 54.6 Å². The number of benzene rings is 2. The molecular weight excluding hydrogens is 362 g/mol. The first-order valence-electron chi connectivity index (χ1n) is 10.1. The summed E-state index contributed by atoms with van der Waals surface area (Å²) in [5.74, 6) is -0.137. The number of rotatable bonds is 6. The molecule has 1 aromatic heterocycles. The molecule has 4 heteroatoms. The van der Waals surface area contributed by atoms with Crippen molar-refractivity contribution >= 4 is 19.2 Å². The summed E-state index contributed by atoms with van der Waals surface area (Å²) in [4.78, 5) is 3.49. The molecule has 0 spiro atoms. The van der Waals surface area contributed by atoms with E-state index < -0.39 is 14.4 Å². The van der Waals surface area contributed by atoms with Crippen LogP contribution in [0.4, 0.5) is 0 Å². The molecule has 0 aliphatic rings. The lowest BCUT2D eigenvalue weighted by Gasteiger charge is -2.37. The Morgan fingerprint density at radius 2 is 1.61 bits per heavy atom. The molecule has 1 heterocycles. The molecule has 2 N–H and O–H groups in total. The Bertz CT molecular complexity index is 925. The van der Waals surface area contributed by atoms with Crippen molar-refractivity contribution in [3.63, 3.8) is 0 Å². The highest BCUT2D eigenvalue weighted by molar-refractivity contribution is 6.74. The van der Waals surface area contributed by atoms with Gasteiger partial charge in [-0.2, -0.15) is 0 Å². The molecule has 2 atom stereocenters. The van der Waals surface area contributed by atoms with E-state index in [1.165, 1.54) is 5.39 Å². The lowest BCUT2D eigenvalue weighted by atomic mass is 9.85.